The van der Waals surface area contributed by atoms with E-state index in [9.17, 15) is 0 Å². The van der Waals surface area contributed by atoms with Gasteiger partial charge in [0.2, 0.25) is 0 Å². The second-order valence-corrected chi connectivity index (χ2v) is 4.64. The molecule has 88 valence electrons. The van der Waals surface area contributed by atoms with Crippen LogP contribution < -0.4 is 5.73 Å². The Hall–Kier alpha value is -1.16. The molecular formula is C12H19N3O. The summed E-state index contributed by atoms with van der Waals surface area (Å²) in [7, 11) is 0. The van der Waals surface area contributed by atoms with Crippen molar-refractivity contribution < 1.29 is 4.74 Å². The Labute approximate surface area is 96.2 Å². The van der Waals surface area contributed by atoms with Crippen LogP contribution in [-0.4, -0.2) is 16.1 Å². The molecule has 1 heterocycles. The lowest BCUT2D eigenvalue weighted by Gasteiger charge is -2.26. The molecule has 0 aromatic carbocycles. The minimum Gasteiger partial charge on any atom is -0.382 e. The largest absolute Gasteiger partial charge is 0.382 e. The van der Waals surface area contributed by atoms with Gasteiger partial charge in [0.25, 0.3) is 0 Å². The number of hydrogen-bond donors (Lipinski definition) is 1. The van der Waals surface area contributed by atoms with Crippen LogP contribution in [0.3, 0.4) is 0 Å². The summed E-state index contributed by atoms with van der Waals surface area (Å²) in [5, 5.41) is 0. The molecule has 2 N–H and O–H groups in total. The SMILES string of the molecule is CC1CCCC(OCc2cnc(N)cn2)C1. The van der Waals surface area contributed by atoms with Crippen molar-refractivity contribution in [3.05, 3.63) is 18.1 Å². The highest BCUT2D eigenvalue weighted by Gasteiger charge is 2.19. The summed E-state index contributed by atoms with van der Waals surface area (Å²) < 4.78 is 5.84. The summed E-state index contributed by atoms with van der Waals surface area (Å²) in [6.45, 7) is 2.84. The molecule has 1 aromatic heterocycles. The van der Waals surface area contributed by atoms with Gasteiger partial charge in [0.05, 0.1) is 30.8 Å². The number of nitrogens with zero attached hydrogens (tertiary/aromatic N) is 2. The Bertz CT molecular complexity index is 326. The van der Waals surface area contributed by atoms with Gasteiger partial charge in [-0.1, -0.05) is 19.8 Å². The minimum atomic E-state index is 0.392. The molecule has 2 atom stereocenters. The van der Waals surface area contributed by atoms with E-state index in [-0.39, 0.29) is 0 Å². The molecule has 0 spiro atoms. The van der Waals surface area contributed by atoms with Crippen molar-refractivity contribution in [2.75, 3.05) is 5.73 Å². The first-order chi connectivity index (χ1) is 7.74. The second-order valence-electron chi connectivity index (χ2n) is 4.64. The van der Waals surface area contributed by atoms with Crippen LogP contribution in [0.15, 0.2) is 12.4 Å². The number of nitrogen functional groups attached to an aromatic ring is 1. The molecule has 2 unspecified atom stereocenters. The van der Waals surface area contributed by atoms with Crippen molar-refractivity contribution >= 4 is 5.82 Å². The lowest BCUT2D eigenvalue weighted by Crippen LogP contribution is -2.21. The monoisotopic (exact) mass is 221 g/mol. The molecular weight excluding hydrogens is 202 g/mol. The summed E-state index contributed by atoms with van der Waals surface area (Å²) in [4.78, 5) is 8.16. The molecule has 1 fully saturated rings. The lowest BCUT2D eigenvalue weighted by atomic mass is 9.89. The number of aromatic nitrogens is 2. The number of rotatable bonds is 3. The van der Waals surface area contributed by atoms with Gasteiger partial charge in [-0.3, -0.25) is 4.98 Å². The first-order valence-electron chi connectivity index (χ1n) is 5.92. The normalized spacial score (nSPS) is 25.6. The average Bonchev–Trinajstić information content (AvgIpc) is 2.28. The first-order valence-corrected chi connectivity index (χ1v) is 5.92. The number of ether oxygens (including phenoxy) is 1. The maximum absolute atomic E-state index is 5.84. The number of hydrogen-bond acceptors (Lipinski definition) is 4. The summed E-state index contributed by atoms with van der Waals surface area (Å²) in [5.41, 5.74) is 6.32. The standard InChI is InChI=1S/C12H19N3O/c1-9-3-2-4-11(5-9)16-8-10-6-15-12(13)7-14-10/h6-7,9,11H,2-5,8H2,1H3,(H2,13,15). The van der Waals surface area contributed by atoms with Crippen molar-refractivity contribution in [3.63, 3.8) is 0 Å². The van der Waals surface area contributed by atoms with Crippen LogP contribution in [0.25, 0.3) is 0 Å². The molecule has 4 nitrogen and oxygen atoms in total. The third-order valence-electron chi connectivity index (χ3n) is 3.08. The van der Waals surface area contributed by atoms with Gasteiger partial charge in [0.15, 0.2) is 0 Å². The van der Waals surface area contributed by atoms with Crippen LogP contribution in [0.1, 0.15) is 38.3 Å². The summed E-state index contributed by atoms with van der Waals surface area (Å²) in [5.74, 6) is 1.24. The first kappa shape index (κ1) is 11.3. The van der Waals surface area contributed by atoms with E-state index in [2.05, 4.69) is 16.9 Å². The fourth-order valence-electron chi connectivity index (χ4n) is 2.17. The van der Waals surface area contributed by atoms with Crippen molar-refractivity contribution in [1.82, 2.24) is 9.97 Å². The zero-order valence-corrected chi connectivity index (χ0v) is 9.72. The highest BCUT2D eigenvalue weighted by atomic mass is 16.5. The van der Waals surface area contributed by atoms with Crippen molar-refractivity contribution in [3.8, 4) is 0 Å². The van der Waals surface area contributed by atoms with Gasteiger partial charge in [-0.25, -0.2) is 4.98 Å². The van der Waals surface area contributed by atoms with E-state index in [0.29, 0.717) is 18.5 Å². The van der Waals surface area contributed by atoms with Crippen LogP contribution in [-0.2, 0) is 11.3 Å². The minimum absolute atomic E-state index is 0.392. The molecule has 16 heavy (non-hydrogen) atoms. The van der Waals surface area contributed by atoms with Gasteiger partial charge in [0.1, 0.15) is 5.82 Å². The third kappa shape index (κ3) is 3.17. The Morgan fingerprint density at radius 1 is 1.38 bits per heavy atom. The molecule has 1 aliphatic rings. The smallest absolute Gasteiger partial charge is 0.141 e. The molecule has 1 aromatic rings. The van der Waals surface area contributed by atoms with Crippen LogP contribution in [0.4, 0.5) is 5.82 Å². The quantitative estimate of drug-likeness (QED) is 0.849. The Morgan fingerprint density at radius 2 is 2.25 bits per heavy atom. The third-order valence-corrected chi connectivity index (χ3v) is 3.08. The van der Waals surface area contributed by atoms with E-state index in [1.165, 1.54) is 25.7 Å². The van der Waals surface area contributed by atoms with E-state index >= 15 is 0 Å². The fourth-order valence-corrected chi connectivity index (χ4v) is 2.17. The van der Waals surface area contributed by atoms with Gasteiger partial charge in [-0.05, 0) is 18.8 Å². The lowest BCUT2D eigenvalue weighted by molar-refractivity contribution is 0.00310. The highest BCUT2D eigenvalue weighted by Crippen LogP contribution is 2.26. The van der Waals surface area contributed by atoms with Crippen molar-refractivity contribution in [1.29, 1.82) is 0 Å². The summed E-state index contributed by atoms with van der Waals surface area (Å²) in [6.07, 6.45) is 8.60. The van der Waals surface area contributed by atoms with Gasteiger partial charge < -0.3 is 10.5 Å². The van der Waals surface area contributed by atoms with Crippen molar-refractivity contribution in [2.45, 2.75) is 45.3 Å². The summed E-state index contributed by atoms with van der Waals surface area (Å²) >= 11 is 0. The molecule has 1 aliphatic carbocycles. The van der Waals surface area contributed by atoms with E-state index in [1.54, 1.807) is 12.4 Å². The topological polar surface area (TPSA) is 61.0 Å². The van der Waals surface area contributed by atoms with Gasteiger partial charge >= 0.3 is 0 Å². The Morgan fingerprint density at radius 3 is 2.94 bits per heavy atom. The van der Waals surface area contributed by atoms with Crippen LogP contribution in [0.5, 0.6) is 0 Å². The maximum atomic E-state index is 5.84. The fraction of sp³-hybridized carbons (Fsp3) is 0.667. The Balaban J connectivity index is 1.80. The molecule has 0 radical (unpaired) electrons. The molecule has 0 bridgehead atoms. The predicted octanol–water partition coefficient (Wildman–Crippen LogP) is 2.15. The van der Waals surface area contributed by atoms with Gasteiger partial charge in [-0.2, -0.15) is 0 Å². The molecule has 2 rings (SSSR count). The zero-order valence-electron chi connectivity index (χ0n) is 9.72. The van der Waals surface area contributed by atoms with E-state index in [0.717, 1.165) is 11.6 Å². The number of nitrogens with two attached hydrogens (primary N) is 1. The van der Waals surface area contributed by atoms with Crippen LogP contribution in [0.2, 0.25) is 0 Å². The molecule has 0 amide bonds. The number of anilines is 1. The van der Waals surface area contributed by atoms with E-state index < -0.39 is 0 Å². The second kappa shape index (κ2) is 5.25. The highest BCUT2D eigenvalue weighted by molar-refractivity contribution is 5.22. The molecule has 4 heteroatoms. The molecule has 1 saturated carbocycles. The van der Waals surface area contributed by atoms with E-state index in [4.69, 9.17) is 10.5 Å². The van der Waals surface area contributed by atoms with Crippen molar-refractivity contribution in [2.24, 2.45) is 5.92 Å². The summed E-state index contributed by atoms with van der Waals surface area (Å²) in [6, 6.07) is 0. The average molecular weight is 221 g/mol. The van der Waals surface area contributed by atoms with E-state index in [1.807, 2.05) is 0 Å². The Kier molecular flexibility index (Phi) is 3.72. The van der Waals surface area contributed by atoms with Gasteiger partial charge in [-0.15, -0.1) is 0 Å². The molecule has 0 saturated heterocycles. The van der Waals surface area contributed by atoms with Crippen LogP contribution >= 0.6 is 0 Å². The zero-order chi connectivity index (χ0) is 11.4. The predicted molar refractivity (Wildman–Crippen MR) is 62.7 cm³/mol. The van der Waals surface area contributed by atoms with Gasteiger partial charge in [0, 0.05) is 0 Å². The maximum Gasteiger partial charge on any atom is 0.141 e. The van der Waals surface area contributed by atoms with Crippen LogP contribution in [0, 0.1) is 5.92 Å². The molecule has 0 aliphatic heterocycles.